The van der Waals surface area contributed by atoms with Crippen LogP contribution >= 0.6 is 0 Å². The molecule has 2 N–H and O–H groups in total. The van der Waals surface area contributed by atoms with Gasteiger partial charge in [-0.2, -0.15) is 0 Å². The van der Waals surface area contributed by atoms with Crippen LogP contribution in [0.4, 0.5) is 11.5 Å². The van der Waals surface area contributed by atoms with E-state index in [4.69, 9.17) is 0 Å². The largest absolute Gasteiger partial charge is 0.504 e. The van der Waals surface area contributed by atoms with Gasteiger partial charge in [-0.15, -0.1) is 0 Å². The Morgan fingerprint density at radius 2 is 2.19 bits per heavy atom. The lowest BCUT2D eigenvalue weighted by Gasteiger charge is -2.07. The first-order chi connectivity index (χ1) is 9.97. The minimum atomic E-state index is -0.668. The summed E-state index contributed by atoms with van der Waals surface area (Å²) in [7, 11) is 0. The first-order valence-corrected chi connectivity index (χ1v) is 5.76. The summed E-state index contributed by atoms with van der Waals surface area (Å²) in [6.45, 7) is -0.434. The average molecular weight is 290 g/mol. The number of hydrogen-bond acceptors (Lipinski definition) is 6. The van der Waals surface area contributed by atoms with E-state index in [9.17, 15) is 24.8 Å². The summed E-state index contributed by atoms with van der Waals surface area (Å²) in [4.78, 5) is 37.0. The highest BCUT2D eigenvalue weighted by Crippen LogP contribution is 2.18. The number of anilines is 1. The van der Waals surface area contributed by atoms with Crippen molar-refractivity contribution in [1.29, 1.82) is 0 Å². The van der Waals surface area contributed by atoms with Gasteiger partial charge in [-0.05, 0) is 12.1 Å². The van der Waals surface area contributed by atoms with E-state index in [2.05, 4.69) is 10.3 Å². The molecule has 108 valence electrons. The van der Waals surface area contributed by atoms with E-state index >= 15 is 0 Å². The molecule has 0 aliphatic carbocycles. The summed E-state index contributed by atoms with van der Waals surface area (Å²) in [6, 6.07) is 4.88. The topological polar surface area (TPSA) is 127 Å². The Labute approximate surface area is 117 Å². The van der Waals surface area contributed by atoms with Crippen molar-refractivity contribution >= 4 is 17.4 Å². The van der Waals surface area contributed by atoms with Gasteiger partial charge in [0.15, 0.2) is 11.6 Å². The summed E-state index contributed by atoms with van der Waals surface area (Å²) >= 11 is 0. The number of rotatable bonds is 4. The fourth-order valence-electron chi connectivity index (χ4n) is 1.57. The predicted molar refractivity (Wildman–Crippen MR) is 71.9 cm³/mol. The average Bonchev–Trinajstić information content (AvgIpc) is 2.43. The maximum Gasteiger partial charge on any atom is 0.285 e. The molecule has 0 aliphatic heterocycles. The Hall–Kier alpha value is -3.23. The molecule has 0 atom stereocenters. The monoisotopic (exact) mass is 290 g/mol. The normalized spacial score (nSPS) is 10.1. The van der Waals surface area contributed by atoms with Crippen LogP contribution in [0.3, 0.4) is 0 Å². The van der Waals surface area contributed by atoms with E-state index in [1.165, 1.54) is 18.3 Å². The van der Waals surface area contributed by atoms with E-state index < -0.39 is 22.9 Å². The predicted octanol–water partition coefficient (Wildman–Crippen LogP) is 0.496. The third kappa shape index (κ3) is 3.41. The Balaban J connectivity index is 2.17. The second-order valence-electron chi connectivity index (χ2n) is 4.03. The van der Waals surface area contributed by atoms with Gasteiger partial charge in [0.2, 0.25) is 5.91 Å². The molecule has 1 amide bonds. The SMILES string of the molecule is O=C(Cn1cc([N+](=O)[O-])ccc1=O)Nc1ncccc1O. The van der Waals surface area contributed by atoms with Crippen LogP contribution in [-0.4, -0.2) is 25.5 Å². The van der Waals surface area contributed by atoms with Crippen LogP contribution in [0, 0.1) is 10.1 Å². The van der Waals surface area contributed by atoms with Crippen LogP contribution < -0.4 is 10.9 Å². The molecule has 21 heavy (non-hydrogen) atoms. The molecule has 9 nitrogen and oxygen atoms in total. The van der Waals surface area contributed by atoms with Gasteiger partial charge in [-0.25, -0.2) is 4.98 Å². The van der Waals surface area contributed by atoms with Crippen molar-refractivity contribution in [2.45, 2.75) is 6.54 Å². The molecule has 0 saturated carbocycles. The summed E-state index contributed by atoms with van der Waals surface area (Å²) in [5.41, 5.74) is -0.857. The minimum Gasteiger partial charge on any atom is -0.504 e. The lowest BCUT2D eigenvalue weighted by atomic mass is 10.4. The molecule has 0 radical (unpaired) electrons. The Kier molecular flexibility index (Phi) is 3.93. The highest BCUT2D eigenvalue weighted by Gasteiger charge is 2.12. The van der Waals surface area contributed by atoms with Gasteiger partial charge >= 0.3 is 0 Å². The number of hydrogen-bond donors (Lipinski definition) is 2. The van der Waals surface area contributed by atoms with Crippen LogP contribution in [0.15, 0.2) is 41.5 Å². The van der Waals surface area contributed by atoms with Crippen LogP contribution in [0.5, 0.6) is 5.75 Å². The number of nitro groups is 1. The fraction of sp³-hybridized carbons (Fsp3) is 0.0833. The van der Waals surface area contributed by atoms with Crippen molar-refractivity contribution in [3.05, 3.63) is 57.1 Å². The summed E-state index contributed by atoms with van der Waals surface area (Å²) in [6.07, 6.45) is 2.34. The van der Waals surface area contributed by atoms with E-state index in [0.29, 0.717) is 0 Å². The zero-order chi connectivity index (χ0) is 15.4. The number of carbonyl (C=O) groups excluding carboxylic acids is 1. The van der Waals surface area contributed by atoms with Crippen LogP contribution in [0.25, 0.3) is 0 Å². The number of pyridine rings is 2. The van der Waals surface area contributed by atoms with Gasteiger partial charge in [0, 0.05) is 18.3 Å². The molecule has 0 aliphatic rings. The van der Waals surface area contributed by atoms with Crippen molar-refractivity contribution < 1.29 is 14.8 Å². The Morgan fingerprint density at radius 3 is 2.86 bits per heavy atom. The first-order valence-electron chi connectivity index (χ1n) is 5.76. The lowest BCUT2D eigenvalue weighted by molar-refractivity contribution is -0.385. The van der Waals surface area contributed by atoms with E-state index in [1.807, 2.05) is 0 Å². The van der Waals surface area contributed by atoms with Crippen LogP contribution in [-0.2, 0) is 11.3 Å². The fourth-order valence-corrected chi connectivity index (χ4v) is 1.57. The molecular formula is C12H10N4O5. The molecular weight excluding hydrogens is 280 g/mol. The minimum absolute atomic E-state index is 0.0546. The molecule has 0 bridgehead atoms. The molecule has 0 saturated heterocycles. The third-order valence-corrected chi connectivity index (χ3v) is 2.54. The van der Waals surface area contributed by atoms with Crippen molar-refractivity contribution in [3.8, 4) is 5.75 Å². The highest BCUT2D eigenvalue weighted by molar-refractivity contribution is 5.90. The number of carbonyl (C=O) groups is 1. The van der Waals surface area contributed by atoms with Crippen molar-refractivity contribution in [2.75, 3.05) is 5.32 Å². The second kappa shape index (κ2) is 5.82. The van der Waals surface area contributed by atoms with E-state index in [0.717, 1.165) is 22.9 Å². The molecule has 0 fully saturated rings. The molecule has 0 aromatic carbocycles. The third-order valence-electron chi connectivity index (χ3n) is 2.54. The van der Waals surface area contributed by atoms with Crippen molar-refractivity contribution in [2.24, 2.45) is 0 Å². The zero-order valence-electron chi connectivity index (χ0n) is 10.6. The summed E-state index contributed by atoms with van der Waals surface area (Å²) in [5, 5.41) is 22.4. The maximum atomic E-state index is 11.8. The van der Waals surface area contributed by atoms with Gasteiger partial charge in [-0.1, -0.05) is 0 Å². The summed E-state index contributed by atoms with van der Waals surface area (Å²) in [5.74, 6) is -0.926. The van der Waals surface area contributed by atoms with Crippen molar-refractivity contribution in [3.63, 3.8) is 0 Å². The number of aromatic hydroxyl groups is 1. The lowest BCUT2D eigenvalue weighted by Crippen LogP contribution is -2.27. The number of nitrogens with one attached hydrogen (secondary N) is 1. The quantitative estimate of drug-likeness (QED) is 0.623. The van der Waals surface area contributed by atoms with Gasteiger partial charge in [0.05, 0.1) is 11.1 Å². The summed E-state index contributed by atoms with van der Waals surface area (Å²) < 4.78 is 0.896. The molecule has 2 heterocycles. The molecule has 2 aromatic heterocycles. The van der Waals surface area contributed by atoms with Gasteiger partial charge < -0.3 is 10.4 Å². The van der Waals surface area contributed by atoms with Gasteiger partial charge in [0.1, 0.15) is 6.54 Å². The molecule has 2 aromatic rings. The standard InChI is InChI=1S/C12H10N4O5/c17-9-2-1-5-13-12(9)14-10(18)7-15-6-8(16(20)21)3-4-11(15)19/h1-6,17H,7H2,(H,13,14,18). The molecule has 9 heteroatoms. The zero-order valence-corrected chi connectivity index (χ0v) is 10.6. The van der Waals surface area contributed by atoms with E-state index in [-0.39, 0.29) is 17.3 Å². The van der Waals surface area contributed by atoms with Crippen LogP contribution in [0.1, 0.15) is 0 Å². The molecule has 2 rings (SSSR count). The van der Waals surface area contributed by atoms with Crippen LogP contribution in [0.2, 0.25) is 0 Å². The Bertz CT molecular complexity index is 755. The first kappa shape index (κ1) is 14.2. The van der Waals surface area contributed by atoms with Gasteiger partial charge in [-0.3, -0.25) is 24.3 Å². The highest BCUT2D eigenvalue weighted by atomic mass is 16.6. The van der Waals surface area contributed by atoms with Crippen molar-refractivity contribution in [1.82, 2.24) is 9.55 Å². The Morgan fingerprint density at radius 1 is 1.43 bits per heavy atom. The number of amides is 1. The molecule has 0 unspecified atom stereocenters. The second-order valence-corrected chi connectivity index (χ2v) is 4.03. The molecule has 0 spiro atoms. The number of aromatic nitrogens is 2. The number of nitrogens with zero attached hydrogens (tertiary/aromatic N) is 3. The maximum absolute atomic E-state index is 11.8. The van der Waals surface area contributed by atoms with Gasteiger partial charge in [0.25, 0.3) is 11.2 Å². The smallest absolute Gasteiger partial charge is 0.285 e. The van der Waals surface area contributed by atoms with E-state index in [1.54, 1.807) is 0 Å².